The Labute approximate surface area is 104 Å². The fourth-order valence-electron chi connectivity index (χ4n) is 1.59. The summed E-state index contributed by atoms with van der Waals surface area (Å²) in [5, 5.41) is 0. The highest BCUT2D eigenvalue weighted by atomic mass is 16.5. The molecule has 0 aliphatic rings. The van der Waals surface area contributed by atoms with Crippen LogP contribution in [0.5, 0.6) is 11.5 Å². The Morgan fingerprint density at radius 3 is 2.47 bits per heavy atom. The normalized spacial score (nSPS) is 11.3. The van der Waals surface area contributed by atoms with Gasteiger partial charge in [-0.1, -0.05) is 20.8 Å². The van der Waals surface area contributed by atoms with E-state index in [1.807, 2.05) is 6.07 Å². The number of hydrogen-bond donors (Lipinski definition) is 1. The van der Waals surface area contributed by atoms with Crippen molar-refractivity contribution in [1.29, 1.82) is 0 Å². The first-order valence-electron chi connectivity index (χ1n) is 5.99. The zero-order chi connectivity index (χ0) is 12.9. The average Bonchev–Trinajstić information content (AvgIpc) is 2.23. The molecule has 0 aliphatic heterocycles. The summed E-state index contributed by atoms with van der Waals surface area (Å²) < 4.78 is 10.9. The highest BCUT2D eigenvalue weighted by Crippen LogP contribution is 2.29. The third-order valence-electron chi connectivity index (χ3n) is 2.52. The van der Waals surface area contributed by atoms with E-state index in [1.165, 1.54) is 0 Å². The second-order valence-electron chi connectivity index (χ2n) is 5.42. The number of anilines is 1. The zero-order valence-electron chi connectivity index (χ0n) is 11.2. The maximum atomic E-state index is 5.72. The Kier molecular flexibility index (Phi) is 4.67. The highest BCUT2D eigenvalue weighted by Gasteiger charge is 2.10. The fraction of sp³-hybridized carbons (Fsp3) is 0.571. The van der Waals surface area contributed by atoms with Gasteiger partial charge in [-0.2, -0.15) is 0 Å². The Morgan fingerprint density at radius 1 is 1.18 bits per heavy atom. The summed E-state index contributed by atoms with van der Waals surface area (Å²) >= 11 is 0. The van der Waals surface area contributed by atoms with Crippen LogP contribution in [0.15, 0.2) is 18.2 Å². The lowest BCUT2D eigenvalue weighted by molar-refractivity contribution is 0.258. The molecule has 3 heteroatoms. The van der Waals surface area contributed by atoms with Gasteiger partial charge in [0.1, 0.15) is 0 Å². The summed E-state index contributed by atoms with van der Waals surface area (Å²) in [6.45, 7) is 7.38. The van der Waals surface area contributed by atoms with E-state index >= 15 is 0 Å². The number of benzene rings is 1. The Morgan fingerprint density at radius 2 is 1.88 bits per heavy atom. The Balaban J connectivity index is 2.48. The van der Waals surface area contributed by atoms with Crippen LogP contribution in [0.1, 0.15) is 33.6 Å². The molecule has 0 spiro atoms. The minimum Gasteiger partial charge on any atom is -0.493 e. The maximum Gasteiger partial charge on any atom is 0.163 e. The maximum absolute atomic E-state index is 5.72. The summed E-state index contributed by atoms with van der Waals surface area (Å²) in [6, 6.07) is 5.44. The molecule has 0 unspecified atom stereocenters. The molecule has 96 valence electrons. The van der Waals surface area contributed by atoms with Crippen molar-refractivity contribution in [2.45, 2.75) is 33.6 Å². The lowest BCUT2D eigenvalue weighted by Gasteiger charge is -2.18. The lowest BCUT2D eigenvalue weighted by atomic mass is 9.91. The second kappa shape index (κ2) is 5.80. The summed E-state index contributed by atoms with van der Waals surface area (Å²) in [7, 11) is 1.63. The standard InChI is InChI=1S/C14H23NO2/c1-14(2,3)8-5-9-17-13-10-11(15)6-7-12(13)16-4/h6-7,10H,5,8-9,15H2,1-4H3. The van der Waals surface area contributed by atoms with Crippen molar-refractivity contribution in [1.82, 2.24) is 0 Å². The van der Waals surface area contributed by atoms with Crippen molar-refractivity contribution in [3.8, 4) is 11.5 Å². The second-order valence-corrected chi connectivity index (χ2v) is 5.42. The molecule has 1 aromatic rings. The summed E-state index contributed by atoms with van der Waals surface area (Å²) in [5.41, 5.74) is 6.76. The molecule has 0 atom stereocenters. The van der Waals surface area contributed by atoms with Crippen molar-refractivity contribution in [3.63, 3.8) is 0 Å². The number of rotatable bonds is 5. The number of ether oxygens (including phenoxy) is 2. The molecular weight excluding hydrogens is 214 g/mol. The van der Waals surface area contributed by atoms with Crippen LogP contribution in [0, 0.1) is 5.41 Å². The van der Waals surface area contributed by atoms with Gasteiger partial charge in [0.2, 0.25) is 0 Å². The van der Waals surface area contributed by atoms with Crippen molar-refractivity contribution in [3.05, 3.63) is 18.2 Å². The van der Waals surface area contributed by atoms with E-state index in [0.29, 0.717) is 17.7 Å². The van der Waals surface area contributed by atoms with E-state index in [0.717, 1.165) is 24.3 Å². The third kappa shape index (κ3) is 4.98. The van der Waals surface area contributed by atoms with E-state index in [2.05, 4.69) is 20.8 Å². The number of nitrogen functional groups attached to an aromatic ring is 1. The molecule has 0 saturated carbocycles. The average molecular weight is 237 g/mol. The van der Waals surface area contributed by atoms with E-state index in [1.54, 1.807) is 19.2 Å². The SMILES string of the molecule is COc1ccc(N)cc1OCCCC(C)(C)C. The molecule has 3 nitrogen and oxygen atoms in total. The van der Waals surface area contributed by atoms with Gasteiger partial charge in [0.15, 0.2) is 11.5 Å². The largest absolute Gasteiger partial charge is 0.493 e. The van der Waals surface area contributed by atoms with E-state index < -0.39 is 0 Å². The third-order valence-corrected chi connectivity index (χ3v) is 2.52. The smallest absolute Gasteiger partial charge is 0.163 e. The van der Waals surface area contributed by atoms with Crippen molar-refractivity contribution >= 4 is 5.69 Å². The first kappa shape index (κ1) is 13.7. The zero-order valence-corrected chi connectivity index (χ0v) is 11.2. The highest BCUT2D eigenvalue weighted by molar-refractivity contribution is 5.51. The van der Waals surface area contributed by atoms with Crippen LogP contribution in [0.4, 0.5) is 5.69 Å². The minimum absolute atomic E-state index is 0.350. The molecule has 2 N–H and O–H groups in total. The van der Waals surface area contributed by atoms with E-state index in [-0.39, 0.29) is 0 Å². The van der Waals surface area contributed by atoms with Crippen LogP contribution in [0.2, 0.25) is 0 Å². The number of methoxy groups -OCH3 is 1. The van der Waals surface area contributed by atoms with Crippen LogP contribution >= 0.6 is 0 Å². The van der Waals surface area contributed by atoms with Gasteiger partial charge in [0.05, 0.1) is 13.7 Å². The van der Waals surface area contributed by atoms with Crippen LogP contribution in [0.3, 0.4) is 0 Å². The van der Waals surface area contributed by atoms with Gasteiger partial charge in [0, 0.05) is 11.8 Å². The molecule has 0 aliphatic carbocycles. The van der Waals surface area contributed by atoms with Gasteiger partial charge in [-0.15, -0.1) is 0 Å². The number of nitrogens with two attached hydrogens (primary N) is 1. The van der Waals surface area contributed by atoms with Gasteiger partial charge < -0.3 is 15.2 Å². The fourth-order valence-corrected chi connectivity index (χ4v) is 1.59. The van der Waals surface area contributed by atoms with Crippen LogP contribution in [0.25, 0.3) is 0 Å². The molecule has 17 heavy (non-hydrogen) atoms. The molecule has 1 aromatic carbocycles. The van der Waals surface area contributed by atoms with Gasteiger partial charge in [-0.3, -0.25) is 0 Å². The Bertz CT molecular complexity index is 356. The van der Waals surface area contributed by atoms with E-state index in [4.69, 9.17) is 15.2 Å². The molecular formula is C14H23NO2. The van der Waals surface area contributed by atoms with Gasteiger partial charge in [-0.25, -0.2) is 0 Å². The molecule has 0 saturated heterocycles. The predicted octanol–water partition coefficient (Wildman–Crippen LogP) is 3.48. The molecule has 0 amide bonds. The summed E-state index contributed by atoms with van der Waals surface area (Å²) in [5.74, 6) is 1.45. The monoisotopic (exact) mass is 237 g/mol. The molecule has 0 aromatic heterocycles. The first-order chi connectivity index (χ1) is 7.92. The van der Waals surface area contributed by atoms with Crippen molar-refractivity contribution in [2.24, 2.45) is 5.41 Å². The molecule has 0 bridgehead atoms. The van der Waals surface area contributed by atoms with Gasteiger partial charge in [-0.05, 0) is 30.4 Å². The predicted molar refractivity (Wildman–Crippen MR) is 71.6 cm³/mol. The topological polar surface area (TPSA) is 44.5 Å². The number of hydrogen-bond acceptors (Lipinski definition) is 3. The first-order valence-corrected chi connectivity index (χ1v) is 5.99. The molecule has 0 heterocycles. The molecule has 0 fully saturated rings. The lowest BCUT2D eigenvalue weighted by Crippen LogP contribution is -2.08. The summed E-state index contributed by atoms with van der Waals surface area (Å²) in [6.07, 6.45) is 2.17. The van der Waals surface area contributed by atoms with Crippen molar-refractivity contribution in [2.75, 3.05) is 19.5 Å². The van der Waals surface area contributed by atoms with Gasteiger partial charge in [0.25, 0.3) is 0 Å². The molecule has 0 radical (unpaired) electrons. The van der Waals surface area contributed by atoms with Crippen LogP contribution < -0.4 is 15.2 Å². The van der Waals surface area contributed by atoms with Crippen molar-refractivity contribution < 1.29 is 9.47 Å². The summed E-state index contributed by atoms with van der Waals surface area (Å²) in [4.78, 5) is 0. The van der Waals surface area contributed by atoms with Crippen LogP contribution in [-0.2, 0) is 0 Å². The molecule has 1 rings (SSSR count). The minimum atomic E-state index is 0.350. The van der Waals surface area contributed by atoms with Gasteiger partial charge >= 0.3 is 0 Å². The van der Waals surface area contributed by atoms with Crippen LogP contribution in [-0.4, -0.2) is 13.7 Å². The Hall–Kier alpha value is -1.38. The van der Waals surface area contributed by atoms with E-state index in [9.17, 15) is 0 Å². The quantitative estimate of drug-likeness (QED) is 0.630.